The maximum atomic E-state index is 16.0. The van der Waals surface area contributed by atoms with E-state index >= 15 is 8.78 Å². The number of anilines is 2. The van der Waals surface area contributed by atoms with Crippen molar-refractivity contribution in [1.29, 1.82) is 0 Å². The van der Waals surface area contributed by atoms with Crippen LogP contribution in [0.4, 0.5) is 20.4 Å². The number of thiol groups is 1. The summed E-state index contributed by atoms with van der Waals surface area (Å²) in [5, 5.41) is 0. The number of hydrogen-bond donors (Lipinski definition) is 5. The molecule has 2 bridgehead atoms. The van der Waals surface area contributed by atoms with Crippen molar-refractivity contribution in [1.82, 2.24) is 34.1 Å². The second-order valence-corrected chi connectivity index (χ2v) is 16.8. The first kappa shape index (κ1) is 31.0. The normalized spacial score (nSPS) is 37.7. The predicted molar refractivity (Wildman–Crippen MR) is 157 cm³/mol. The molecule has 3 saturated heterocycles. The predicted octanol–water partition coefficient (Wildman–Crippen LogP) is 1.27. The van der Waals surface area contributed by atoms with E-state index in [0.29, 0.717) is 11.2 Å². The van der Waals surface area contributed by atoms with Crippen LogP contribution in [0, 0.1) is 0 Å². The molecule has 0 radical (unpaired) electrons. The number of fused-ring (bicyclic) bond motifs is 5. The van der Waals surface area contributed by atoms with Crippen LogP contribution in [0.2, 0.25) is 0 Å². The molecule has 0 amide bonds. The lowest BCUT2D eigenvalue weighted by Crippen LogP contribution is -2.34. The molecule has 18 nitrogen and oxygen atoms in total. The molecule has 3 fully saturated rings. The van der Waals surface area contributed by atoms with E-state index in [-0.39, 0.29) is 22.8 Å². The zero-order valence-corrected chi connectivity index (χ0v) is 25.9. The summed E-state index contributed by atoms with van der Waals surface area (Å²) in [4.78, 5) is 41.6. The quantitative estimate of drug-likeness (QED) is 0.145. The zero-order valence-electron chi connectivity index (χ0n) is 22.4. The number of nitrogens with two attached hydrogens (primary N) is 2. The largest absolute Gasteiger partial charge is 0.472 e. The minimum atomic E-state index is -5.13. The van der Waals surface area contributed by atoms with Gasteiger partial charge in [0.2, 0.25) is 11.6 Å². The van der Waals surface area contributed by atoms with Crippen LogP contribution in [0.5, 0.6) is 0 Å². The number of nitrogen functional groups attached to an aromatic ring is 2. The Kier molecular flexibility index (Phi) is 7.76. The number of hydrogen-bond acceptors (Lipinski definition) is 15. The Morgan fingerprint density at radius 3 is 2.44 bits per heavy atom. The standard InChI is InChI=1S/C21H23F2N9O9P2S2/c22-10-8-3-37-43(44,45)41-14-9(39-19(11(14)23)31-5-27-12-7(24)1-2-26-16(12)31)4-36-42(34,35)40-15(10)20(38-8)32-6-28-13-17(32)29-21(25)30-18(13)33/h1-2,5-6,8-11,14-15,19-20H,3-4H2,(H2,24,26)(H,34,35)(H,44,45)(H3,25,29,30,33)/t8-,9-,10-,11+,14-,15-,19-,20-/m1/s1. The lowest BCUT2D eigenvalue weighted by Gasteiger charge is -2.27. The average Bonchev–Trinajstić information content (AvgIpc) is 3.72. The summed E-state index contributed by atoms with van der Waals surface area (Å²) in [7, 11) is -5.13. The summed E-state index contributed by atoms with van der Waals surface area (Å²) in [6.45, 7) is -1.37. The van der Waals surface area contributed by atoms with Crippen LogP contribution in [0.3, 0.4) is 0 Å². The number of phosphoric ester groups is 1. The molecule has 2 unspecified atom stereocenters. The Bertz CT molecular complexity index is 1950. The lowest BCUT2D eigenvalue weighted by atomic mass is 10.1. The van der Waals surface area contributed by atoms with Crippen molar-refractivity contribution in [3.63, 3.8) is 0 Å². The van der Waals surface area contributed by atoms with E-state index in [9.17, 15) is 14.3 Å². The number of alkyl halides is 2. The molecule has 6 N–H and O–H groups in total. The molecule has 3 aliphatic rings. The van der Waals surface area contributed by atoms with Gasteiger partial charge in [-0.2, -0.15) is 4.98 Å². The molecule has 4 aromatic heterocycles. The third kappa shape index (κ3) is 5.57. The van der Waals surface area contributed by atoms with Crippen LogP contribution >= 0.6 is 25.8 Å². The molecule has 0 spiro atoms. The van der Waals surface area contributed by atoms with Gasteiger partial charge in [0.05, 0.1) is 31.6 Å². The maximum absolute atomic E-state index is 16.0. The van der Waals surface area contributed by atoms with E-state index in [1.807, 2.05) is 0 Å². The van der Waals surface area contributed by atoms with Crippen molar-refractivity contribution in [3.8, 4) is 0 Å². The van der Waals surface area contributed by atoms with Crippen LogP contribution < -0.4 is 17.0 Å². The first-order valence-corrected chi connectivity index (χ1v) is 18.3. The fraction of sp³-hybridized carbons (Fsp3) is 0.476. The van der Waals surface area contributed by atoms with E-state index in [2.05, 4.69) is 37.2 Å². The molecule has 242 valence electrons. The Balaban J connectivity index is 1.21. The van der Waals surface area contributed by atoms with Crippen molar-refractivity contribution < 1.29 is 45.8 Å². The highest BCUT2D eigenvalue weighted by atomic mass is 32.9. The van der Waals surface area contributed by atoms with E-state index in [1.165, 1.54) is 23.2 Å². The smallest absolute Gasteiger partial charge is 0.397 e. The average molecular weight is 710 g/mol. The Morgan fingerprint density at radius 2 is 1.67 bits per heavy atom. The molecule has 45 heavy (non-hydrogen) atoms. The molecule has 0 saturated carbocycles. The molecular weight excluding hydrogens is 686 g/mol. The van der Waals surface area contributed by atoms with Gasteiger partial charge in [-0.15, -0.1) is 0 Å². The summed E-state index contributed by atoms with van der Waals surface area (Å²) in [5.41, 5.74) is 7.77. The topological polar surface area (TPSA) is 239 Å². The minimum absolute atomic E-state index is 0.119. The third-order valence-corrected chi connectivity index (χ3v) is 10.5. The molecule has 4 aromatic rings. The van der Waals surface area contributed by atoms with Crippen LogP contribution in [-0.4, -0.2) is 88.9 Å². The summed E-state index contributed by atoms with van der Waals surface area (Å²) in [6.07, 6.45) is -9.44. The number of nitrogens with zero attached hydrogens (tertiary/aromatic N) is 6. The molecule has 7 rings (SSSR count). The van der Waals surface area contributed by atoms with Gasteiger partial charge in [-0.1, -0.05) is 12.2 Å². The number of H-pyrrole nitrogens is 1. The first-order valence-electron chi connectivity index (χ1n) is 13.0. The van der Waals surface area contributed by atoms with Crippen molar-refractivity contribution >= 4 is 71.5 Å². The fourth-order valence-electron chi connectivity index (χ4n) is 5.32. The van der Waals surface area contributed by atoms with Crippen molar-refractivity contribution in [2.24, 2.45) is 0 Å². The lowest BCUT2D eigenvalue weighted by molar-refractivity contribution is -0.0614. The molecule has 7 heterocycles. The number of ether oxygens (including phenoxy) is 2. The summed E-state index contributed by atoms with van der Waals surface area (Å²) in [5.74, 6) is -0.272. The van der Waals surface area contributed by atoms with E-state index < -0.39 is 81.5 Å². The maximum Gasteiger partial charge on any atom is 0.472 e. The number of halogens is 2. The van der Waals surface area contributed by atoms with Gasteiger partial charge in [0.25, 0.3) is 5.56 Å². The molecule has 3 aliphatic heterocycles. The van der Waals surface area contributed by atoms with Gasteiger partial charge in [0, 0.05) is 6.20 Å². The second-order valence-electron chi connectivity index (χ2n) is 10.2. The molecule has 0 aromatic carbocycles. The number of pyridine rings is 1. The van der Waals surface area contributed by atoms with Gasteiger partial charge in [0.1, 0.15) is 29.9 Å². The highest BCUT2D eigenvalue weighted by Gasteiger charge is 2.54. The molecule has 0 aliphatic carbocycles. The number of nitrogens with one attached hydrogen (secondary N) is 1. The van der Waals surface area contributed by atoms with E-state index in [0.717, 1.165) is 10.9 Å². The minimum Gasteiger partial charge on any atom is -0.397 e. The SMILES string of the molecule is Nc1nc2c(ncn2[C@@H]2O[C@@H]3COP(=S)(S)O[C@H]4[C@H](F)[C@H](n5cnc6c(N)ccnc65)O[C@@H]4COP(=O)(O)O[C@@H]2[C@@H]3F)c(=O)[nH]1. The van der Waals surface area contributed by atoms with Gasteiger partial charge in [-0.05, 0) is 17.9 Å². The highest BCUT2D eigenvalue weighted by Crippen LogP contribution is 2.58. The number of rotatable bonds is 2. The van der Waals surface area contributed by atoms with Crippen molar-refractivity contribution in [2.75, 3.05) is 24.7 Å². The van der Waals surface area contributed by atoms with Crippen LogP contribution in [-0.2, 0) is 43.9 Å². The summed E-state index contributed by atoms with van der Waals surface area (Å²) >= 11 is 9.69. The zero-order chi connectivity index (χ0) is 31.8. The summed E-state index contributed by atoms with van der Waals surface area (Å²) < 4.78 is 81.0. The molecule has 24 heteroatoms. The third-order valence-electron chi connectivity index (χ3n) is 7.34. The van der Waals surface area contributed by atoms with E-state index in [4.69, 9.17) is 50.8 Å². The number of phosphoric acid groups is 1. The Morgan fingerprint density at radius 1 is 0.978 bits per heavy atom. The van der Waals surface area contributed by atoms with Gasteiger partial charge in [0.15, 0.2) is 41.6 Å². The molecule has 10 atom stereocenters. The van der Waals surface area contributed by atoms with E-state index in [1.54, 1.807) is 0 Å². The second kappa shape index (κ2) is 11.3. The monoisotopic (exact) mass is 709 g/mol. The first-order chi connectivity index (χ1) is 21.3. The Labute approximate surface area is 260 Å². The van der Waals surface area contributed by atoms with Crippen molar-refractivity contribution in [2.45, 2.75) is 49.2 Å². The van der Waals surface area contributed by atoms with Crippen LogP contribution in [0.15, 0.2) is 29.7 Å². The number of aromatic nitrogens is 7. The van der Waals surface area contributed by atoms with Gasteiger partial charge >= 0.3 is 7.82 Å². The summed E-state index contributed by atoms with van der Waals surface area (Å²) in [6, 6.07) is 1.52. The number of imidazole rings is 2. The van der Waals surface area contributed by atoms with Gasteiger partial charge < -0.3 is 34.9 Å². The Hall–Kier alpha value is -2.62. The number of aromatic amines is 1. The molecular formula is C21H23F2N9O9P2S2. The van der Waals surface area contributed by atoms with Crippen LogP contribution in [0.1, 0.15) is 12.5 Å². The highest BCUT2D eigenvalue weighted by molar-refractivity contribution is 8.60. The fourth-order valence-corrected chi connectivity index (χ4v) is 8.20. The van der Waals surface area contributed by atoms with Crippen molar-refractivity contribution in [3.05, 3.63) is 35.3 Å². The van der Waals surface area contributed by atoms with Gasteiger partial charge in [-0.3, -0.25) is 28.0 Å². The van der Waals surface area contributed by atoms with Gasteiger partial charge in [-0.25, -0.2) is 28.3 Å². The van der Waals surface area contributed by atoms with Crippen LogP contribution in [0.25, 0.3) is 22.3 Å².